The molecule has 0 bridgehead atoms. The standard InChI is InChI=1S/C12H15NO3/c1-9-8-16-12(14)13(9)7-10-3-5-11(15-2)6-4-10/h3-6,9H,7-8H2,1-2H3. The van der Waals surface area contributed by atoms with Crippen LogP contribution in [0.1, 0.15) is 12.5 Å². The van der Waals surface area contributed by atoms with Gasteiger partial charge in [0, 0.05) is 6.54 Å². The first-order valence-electron chi connectivity index (χ1n) is 5.27. The summed E-state index contributed by atoms with van der Waals surface area (Å²) < 4.78 is 10.0. The van der Waals surface area contributed by atoms with Crippen molar-refractivity contribution in [3.05, 3.63) is 29.8 Å². The number of benzene rings is 1. The fourth-order valence-corrected chi connectivity index (χ4v) is 1.69. The van der Waals surface area contributed by atoms with E-state index < -0.39 is 0 Å². The molecule has 1 amide bonds. The predicted molar refractivity (Wildman–Crippen MR) is 59.3 cm³/mol. The molecule has 16 heavy (non-hydrogen) atoms. The third-order valence-electron chi connectivity index (χ3n) is 2.73. The van der Waals surface area contributed by atoms with Crippen molar-refractivity contribution in [2.24, 2.45) is 0 Å². The van der Waals surface area contributed by atoms with Crippen molar-refractivity contribution in [1.29, 1.82) is 0 Å². The van der Waals surface area contributed by atoms with Crippen LogP contribution in [0.5, 0.6) is 5.75 Å². The van der Waals surface area contributed by atoms with Crippen LogP contribution >= 0.6 is 0 Å². The smallest absolute Gasteiger partial charge is 0.410 e. The lowest BCUT2D eigenvalue weighted by molar-refractivity contribution is 0.156. The van der Waals surface area contributed by atoms with Crippen molar-refractivity contribution in [3.63, 3.8) is 0 Å². The molecule has 0 spiro atoms. The van der Waals surface area contributed by atoms with Gasteiger partial charge in [0.25, 0.3) is 0 Å². The van der Waals surface area contributed by atoms with Crippen LogP contribution in [0.15, 0.2) is 24.3 Å². The zero-order valence-electron chi connectivity index (χ0n) is 9.47. The molecule has 0 radical (unpaired) electrons. The number of methoxy groups -OCH3 is 1. The average Bonchev–Trinajstić information content (AvgIpc) is 2.62. The van der Waals surface area contributed by atoms with E-state index in [1.165, 1.54) is 0 Å². The lowest BCUT2D eigenvalue weighted by Crippen LogP contribution is -2.30. The Morgan fingerprint density at radius 2 is 2.12 bits per heavy atom. The van der Waals surface area contributed by atoms with Gasteiger partial charge in [-0.25, -0.2) is 4.79 Å². The minimum Gasteiger partial charge on any atom is -0.497 e. The van der Waals surface area contributed by atoms with Crippen molar-refractivity contribution < 1.29 is 14.3 Å². The second kappa shape index (κ2) is 4.43. The SMILES string of the molecule is COc1ccc(CN2C(=O)OCC2C)cc1. The number of rotatable bonds is 3. The third-order valence-corrected chi connectivity index (χ3v) is 2.73. The van der Waals surface area contributed by atoms with Gasteiger partial charge in [0.1, 0.15) is 12.4 Å². The summed E-state index contributed by atoms with van der Waals surface area (Å²) in [6.07, 6.45) is -0.233. The van der Waals surface area contributed by atoms with E-state index in [9.17, 15) is 4.79 Å². The fraction of sp³-hybridized carbons (Fsp3) is 0.417. The summed E-state index contributed by atoms with van der Waals surface area (Å²) in [7, 11) is 1.63. The highest BCUT2D eigenvalue weighted by atomic mass is 16.6. The zero-order valence-corrected chi connectivity index (χ0v) is 9.47. The molecule has 2 rings (SSSR count). The van der Waals surface area contributed by atoms with E-state index in [-0.39, 0.29) is 12.1 Å². The van der Waals surface area contributed by atoms with Crippen molar-refractivity contribution >= 4 is 6.09 Å². The van der Waals surface area contributed by atoms with E-state index in [1.54, 1.807) is 12.0 Å². The molecule has 0 aliphatic carbocycles. The van der Waals surface area contributed by atoms with Crippen LogP contribution in [0.4, 0.5) is 4.79 Å². The molecular weight excluding hydrogens is 206 g/mol. The van der Waals surface area contributed by atoms with Gasteiger partial charge < -0.3 is 9.47 Å². The number of amides is 1. The highest BCUT2D eigenvalue weighted by Crippen LogP contribution is 2.18. The Morgan fingerprint density at radius 1 is 1.44 bits per heavy atom. The van der Waals surface area contributed by atoms with Crippen LogP contribution < -0.4 is 4.74 Å². The van der Waals surface area contributed by atoms with Crippen molar-refractivity contribution in [2.75, 3.05) is 13.7 Å². The lowest BCUT2D eigenvalue weighted by Gasteiger charge is -2.17. The molecule has 86 valence electrons. The second-order valence-electron chi connectivity index (χ2n) is 3.90. The lowest BCUT2D eigenvalue weighted by atomic mass is 10.2. The summed E-state index contributed by atoms with van der Waals surface area (Å²) in [5.74, 6) is 0.820. The highest BCUT2D eigenvalue weighted by Gasteiger charge is 2.29. The van der Waals surface area contributed by atoms with Crippen LogP contribution in [0.2, 0.25) is 0 Å². The van der Waals surface area contributed by atoms with E-state index in [0.717, 1.165) is 11.3 Å². The van der Waals surface area contributed by atoms with E-state index in [4.69, 9.17) is 9.47 Å². The van der Waals surface area contributed by atoms with Crippen LogP contribution in [0.3, 0.4) is 0 Å². The molecule has 4 heteroatoms. The summed E-state index contributed by atoms with van der Waals surface area (Å²) >= 11 is 0. The second-order valence-corrected chi connectivity index (χ2v) is 3.90. The number of nitrogens with zero attached hydrogens (tertiary/aromatic N) is 1. The van der Waals surface area contributed by atoms with Crippen LogP contribution in [0.25, 0.3) is 0 Å². The molecule has 1 aromatic carbocycles. The van der Waals surface area contributed by atoms with E-state index in [1.807, 2.05) is 31.2 Å². The molecule has 1 aliphatic heterocycles. The predicted octanol–water partition coefficient (Wildman–Crippen LogP) is 2.04. The van der Waals surface area contributed by atoms with E-state index in [0.29, 0.717) is 13.2 Å². The van der Waals surface area contributed by atoms with Crippen molar-refractivity contribution in [2.45, 2.75) is 19.5 Å². The largest absolute Gasteiger partial charge is 0.497 e. The van der Waals surface area contributed by atoms with E-state index in [2.05, 4.69) is 0 Å². The molecule has 1 unspecified atom stereocenters. The summed E-state index contributed by atoms with van der Waals surface area (Å²) in [4.78, 5) is 13.1. The van der Waals surface area contributed by atoms with Gasteiger partial charge >= 0.3 is 6.09 Å². The first-order valence-corrected chi connectivity index (χ1v) is 5.27. The number of carbonyl (C=O) groups excluding carboxylic acids is 1. The van der Waals surface area contributed by atoms with E-state index >= 15 is 0 Å². The van der Waals surface area contributed by atoms with Gasteiger partial charge in [0.15, 0.2) is 0 Å². The Kier molecular flexibility index (Phi) is 2.99. The maximum absolute atomic E-state index is 11.4. The minimum atomic E-state index is -0.233. The minimum absolute atomic E-state index is 0.148. The highest BCUT2D eigenvalue weighted by molar-refractivity contribution is 5.70. The third kappa shape index (κ3) is 2.10. The van der Waals surface area contributed by atoms with Crippen LogP contribution in [-0.2, 0) is 11.3 Å². The summed E-state index contributed by atoms with van der Waals surface area (Å²) in [5, 5.41) is 0. The summed E-state index contributed by atoms with van der Waals surface area (Å²) in [6, 6.07) is 7.84. The molecule has 1 saturated heterocycles. The Bertz CT molecular complexity index is 374. The number of carbonyl (C=O) groups is 1. The van der Waals surface area contributed by atoms with Crippen LogP contribution in [-0.4, -0.2) is 30.8 Å². The van der Waals surface area contributed by atoms with Gasteiger partial charge in [-0.05, 0) is 24.6 Å². The number of cyclic esters (lactones) is 1. The van der Waals surface area contributed by atoms with Gasteiger partial charge in [-0.3, -0.25) is 4.90 Å². The monoisotopic (exact) mass is 221 g/mol. The summed E-state index contributed by atoms with van der Waals surface area (Å²) in [5.41, 5.74) is 1.08. The van der Waals surface area contributed by atoms with Gasteiger partial charge in [-0.2, -0.15) is 0 Å². The zero-order chi connectivity index (χ0) is 11.5. The fourth-order valence-electron chi connectivity index (χ4n) is 1.69. The molecule has 0 aromatic heterocycles. The molecule has 4 nitrogen and oxygen atoms in total. The first-order chi connectivity index (χ1) is 7.70. The van der Waals surface area contributed by atoms with Crippen LogP contribution in [0, 0.1) is 0 Å². The summed E-state index contributed by atoms with van der Waals surface area (Å²) in [6.45, 7) is 3.05. The molecule has 1 fully saturated rings. The van der Waals surface area contributed by atoms with Crippen molar-refractivity contribution in [3.8, 4) is 5.75 Å². The van der Waals surface area contributed by atoms with Gasteiger partial charge in [0.2, 0.25) is 0 Å². The number of hydrogen-bond acceptors (Lipinski definition) is 3. The van der Waals surface area contributed by atoms with Crippen molar-refractivity contribution in [1.82, 2.24) is 4.90 Å². The van der Waals surface area contributed by atoms with Gasteiger partial charge in [-0.15, -0.1) is 0 Å². The molecule has 1 aliphatic rings. The molecule has 1 aromatic rings. The maximum Gasteiger partial charge on any atom is 0.410 e. The maximum atomic E-state index is 11.4. The molecule has 0 N–H and O–H groups in total. The quantitative estimate of drug-likeness (QED) is 0.784. The first kappa shape index (κ1) is 10.8. The number of hydrogen-bond donors (Lipinski definition) is 0. The average molecular weight is 221 g/mol. The Morgan fingerprint density at radius 3 is 2.62 bits per heavy atom. The number of ether oxygens (including phenoxy) is 2. The topological polar surface area (TPSA) is 38.8 Å². The Labute approximate surface area is 94.8 Å². The van der Waals surface area contributed by atoms with Gasteiger partial charge in [0.05, 0.1) is 13.2 Å². The Balaban J connectivity index is 2.05. The van der Waals surface area contributed by atoms with Gasteiger partial charge in [-0.1, -0.05) is 12.1 Å². The molecule has 1 heterocycles. The molecule has 0 saturated carbocycles. The Hall–Kier alpha value is -1.71. The molecule has 1 atom stereocenters. The molecular formula is C12H15NO3. The normalized spacial score (nSPS) is 19.8.